The van der Waals surface area contributed by atoms with E-state index in [4.69, 9.17) is 5.73 Å². The van der Waals surface area contributed by atoms with Crippen LogP contribution in [-0.4, -0.2) is 0 Å². The summed E-state index contributed by atoms with van der Waals surface area (Å²) in [6.07, 6.45) is 8.18. The van der Waals surface area contributed by atoms with Gasteiger partial charge in [0.25, 0.3) is 0 Å². The standard InChI is InChI=1S/C14H17BrFN/c15-12-9-11(7-8-13(12)16)14(17)10-5-3-1-2-4-6-10/h5,7-9,14H,1-4,6,17H2. The van der Waals surface area contributed by atoms with E-state index in [0.29, 0.717) is 4.47 Å². The lowest BCUT2D eigenvalue weighted by Gasteiger charge is -2.16. The molecule has 0 bridgehead atoms. The molecule has 0 saturated heterocycles. The van der Waals surface area contributed by atoms with E-state index in [0.717, 1.165) is 18.4 Å². The first-order valence-electron chi connectivity index (χ1n) is 6.08. The van der Waals surface area contributed by atoms with Gasteiger partial charge in [-0.15, -0.1) is 0 Å². The molecular formula is C14H17BrFN. The van der Waals surface area contributed by atoms with Crippen LogP contribution in [0.25, 0.3) is 0 Å². The highest BCUT2D eigenvalue weighted by molar-refractivity contribution is 9.10. The lowest BCUT2D eigenvalue weighted by molar-refractivity contribution is 0.618. The van der Waals surface area contributed by atoms with Crippen molar-refractivity contribution in [3.63, 3.8) is 0 Å². The van der Waals surface area contributed by atoms with Gasteiger partial charge < -0.3 is 5.73 Å². The van der Waals surface area contributed by atoms with Gasteiger partial charge in [0.05, 0.1) is 10.5 Å². The first-order valence-corrected chi connectivity index (χ1v) is 6.87. The largest absolute Gasteiger partial charge is 0.321 e. The van der Waals surface area contributed by atoms with E-state index in [1.807, 2.05) is 0 Å². The molecule has 2 N–H and O–H groups in total. The summed E-state index contributed by atoms with van der Waals surface area (Å²) in [5.74, 6) is -0.240. The molecule has 0 saturated carbocycles. The first-order chi connectivity index (χ1) is 8.18. The fourth-order valence-corrected chi connectivity index (χ4v) is 2.64. The molecule has 1 aliphatic rings. The van der Waals surface area contributed by atoms with E-state index in [9.17, 15) is 4.39 Å². The van der Waals surface area contributed by atoms with Gasteiger partial charge in [-0.2, -0.15) is 0 Å². The van der Waals surface area contributed by atoms with Crippen LogP contribution in [-0.2, 0) is 0 Å². The van der Waals surface area contributed by atoms with Crippen LogP contribution in [0.5, 0.6) is 0 Å². The average molecular weight is 298 g/mol. The van der Waals surface area contributed by atoms with Crippen molar-refractivity contribution < 1.29 is 4.39 Å². The maximum Gasteiger partial charge on any atom is 0.137 e. The molecule has 1 unspecified atom stereocenters. The minimum absolute atomic E-state index is 0.0926. The molecule has 1 atom stereocenters. The zero-order valence-electron chi connectivity index (χ0n) is 9.76. The van der Waals surface area contributed by atoms with Crippen LogP contribution < -0.4 is 5.73 Å². The summed E-state index contributed by atoms with van der Waals surface area (Å²) in [6, 6.07) is 4.93. The Morgan fingerprint density at radius 3 is 2.82 bits per heavy atom. The predicted molar refractivity (Wildman–Crippen MR) is 72.2 cm³/mol. The van der Waals surface area contributed by atoms with Crippen molar-refractivity contribution in [2.75, 3.05) is 0 Å². The van der Waals surface area contributed by atoms with Gasteiger partial charge in [0, 0.05) is 0 Å². The molecule has 1 aromatic rings. The lowest BCUT2D eigenvalue weighted by atomic mass is 9.96. The molecular weight excluding hydrogens is 281 g/mol. The summed E-state index contributed by atoms with van der Waals surface area (Å²) in [5, 5.41) is 0. The molecule has 0 aliphatic heterocycles. The molecule has 0 amide bonds. The quantitative estimate of drug-likeness (QED) is 0.800. The van der Waals surface area contributed by atoms with E-state index < -0.39 is 0 Å². The average Bonchev–Trinajstić information content (AvgIpc) is 2.60. The van der Waals surface area contributed by atoms with Crippen LogP contribution >= 0.6 is 15.9 Å². The SMILES string of the molecule is NC(C1=CCCCCC1)c1ccc(F)c(Br)c1. The fraction of sp³-hybridized carbons (Fsp3) is 0.429. The Morgan fingerprint density at radius 2 is 2.06 bits per heavy atom. The summed E-state index contributed by atoms with van der Waals surface area (Å²) >= 11 is 3.20. The molecule has 92 valence electrons. The van der Waals surface area contributed by atoms with Gasteiger partial charge >= 0.3 is 0 Å². The number of hydrogen-bond acceptors (Lipinski definition) is 1. The summed E-state index contributed by atoms with van der Waals surface area (Å²) < 4.78 is 13.7. The second kappa shape index (κ2) is 5.78. The zero-order valence-corrected chi connectivity index (χ0v) is 11.3. The minimum atomic E-state index is -0.240. The topological polar surface area (TPSA) is 26.0 Å². The molecule has 3 heteroatoms. The molecule has 0 aromatic heterocycles. The lowest BCUT2D eigenvalue weighted by Crippen LogP contribution is -2.13. The Kier molecular flexibility index (Phi) is 4.35. The smallest absolute Gasteiger partial charge is 0.137 e. The summed E-state index contributed by atoms with van der Waals surface area (Å²) in [7, 11) is 0. The van der Waals surface area contributed by atoms with Crippen molar-refractivity contribution in [2.24, 2.45) is 5.73 Å². The highest BCUT2D eigenvalue weighted by Crippen LogP contribution is 2.29. The molecule has 0 fully saturated rings. The number of hydrogen-bond donors (Lipinski definition) is 1. The highest BCUT2D eigenvalue weighted by atomic mass is 79.9. The van der Waals surface area contributed by atoms with Gasteiger partial charge in [-0.25, -0.2) is 4.39 Å². The van der Waals surface area contributed by atoms with Crippen molar-refractivity contribution in [2.45, 2.75) is 38.1 Å². The molecule has 0 radical (unpaired) electrons. The van der Waals surface area contributed by atoms with Crippen LogP contribution in [0.3, 0.4) is 0 Å². The first kappa shape index (κ1) is 12.8. The minimum Gasteiger partial charge on any atom is -0.321 e. The number of benzene rings is 1. The van der Waals surface area contributed by atoms with Gasteiger partial charge in [-0.1, -0.05) is 24.1 Å². The Balaban J connectivity index is 2.20. The van der Waals surface area contributed by atoms with E-state index >= 15 is 0 Å². The molecule has 2 rings (SSSR count). The van der Waals surface area contributed by atoms with Gasteiger partial charge in [-0.3, -0.25) is 0 Å². The van der Waals surface area contributed by atoms with E-state index in [2.05, 4.69) is 22.0 Å². The normalized spacial score (nSPS) is 18.4. The third-order valence-corrected chi connectivity index (χ3v) is 3.89. The second-order valence-corrected chi connectivity index (χ2v) is 5.38. The summed E-state index contributed by atoms with van der Waals surface area (Å²) in [5.41, 5.74) is 8.52. The Hall–Kier alpha value is -0.670. The Bertz CT molecular complexity index is 428. The van der Waals surface area contributed by atoms with Gasteiger partial charge in [-0.05, 0) is 59.3 Å². The number of allylic oxidation sites excluding steroid dienone is 1. The van der Waals surface area contributed by atoms with Crippen LogP contribution in [0.2, 0.25) is 0 Å². The second-order valence-electron chi connectivity index (χ2n) is 4.53. The van der Waals surface area contributed by atoms with Crippen LogP contribution in [0, 0.1) is 5.82 Å². The van der Waals surface area contributed by atoms with E-state index in [1.54, 1.807) is 12.1 Å². The van der Waals surface area contributed by atoms with Crippen LogP contribution in [0.1, 0.15) is 43.7 Å². The maximum atomic E-state index is 13.2. The molecule has 1 aliphatic carbocycles. The molecule has 0 heterocycles. The predicted octanol–water partition coefficient (Wildman–Crippen LogP) is 4.48. The van der Waals surface area contributed by atoms with E-state index in [1.165, 1.54) is 30.9 Å². The summed E-state index contributed by atoms with van der Waals surface area (Å²) in [4.78, 5) is 0. The molecule has 1 aromatic carbocycles. The third-order valence-electron chi connectivity index (χ3n) is 3.28. The van der Waals surface area contributed by atoms with Gasteiger partial charge in [0.15, 0.2) is 0 Å². The van der Waals surface area contributed by atoms with Crippen LogP contribution in [0.4, 0.5) is 4.39 Å². The Morgan fingerprint density at radius 1 is 1.24 bits per heavy atom. The van der Waals surface area contributed by atoms with Crippen molar-refractivity contribution in [3.8, 4) is 0 Å². The number of rotatable bonds is 2. The fourth-order valence-electron chi connectivity index (χ4n) is 2.24. The molecule has 1 nitrogen and oxygen atoms in total. The van der Waals surface area contributed by atoms with Crippen LogP contribution in [0.15, 0.2) is 34.3 Å². The van der Waals surface area contributed by atoms with Crippen molar-refractivity contribution in [1.82, 2.24) is 0 Å². The van der Waals surface area contributed by atoms with E-state index in [-0.39, 0.29) is 11.9 Å². The van der Waals surface area contributed by atoms with Crippen molar-refractivity contribution in [1.29, 1.82) is 0 Å². The maximum absolute atomic E-state index is 13.2. The molecule has 0 spiro atoms. The van der Waals surface area contributed by atoms with Crippen molar-refractivity contribution >= 4 is 15.9 Å². The number of nitrogens with two attached hydrogens (primary N) is 1. The third kappa shape index (κ3) is 3.17. The Labute approximate surface area is 110 Å². The highest BCUT2D eigenvalue weighted by Gasteiger charge is 2.14. The zero-order chi connectivity index (χ0) is 12.3. The van der Waals surface area contributed by atoms with Gasteiger partial charge in [0.1, 0.15) is 5.82 Å². The van der Waals surface area contributed by atoms with Gasteiger partial charge in [0.2, 0.25) is 0 Å². The summed E-state index contributed by atoms with van der Waals surface area (Å²) in [6.45, 7) is 0. The molecule has 17 heavy (non-hydrogen) atoms. The van der Waals surface area contributed by atoms with Crippen molar-refractivity contribution in [3.05, 3.63) is 45.7 Å². The number of halogens is 2. The monoisotopic (exact) mass is 297 g/mol.